The summed E-state index contributed by atoms with van der Waals surface area (Å²) in [5.41, 5.74) is 0. The van der Waals surface area contributed by atoms with Gasteiger partial charge in [0.2, 0.25) is 5.82 Å². The number of carbonyl (C=O) groups is 1. The van der Waals surface area contributed by atoms with Crippen LogP contribution in [-0.4, -0.2) is 42.3 Å². The molecule has 1 rings (SSSR count). The van der Waals surface area contributed by atoms with Crippen LogP contribution in [-0.2, 0) is 9.47 Å². The molecule has 0 aromatic carbocycles. The number of unbranched alkanes of at least 4 members (excludes halogenated alkanes) is 1. The molecule has 0 saturated carbocycles. The number of nitrogens with zero attached hydrogens (tertiary/aromatic N) is 2. The van der Waals surface area contributed by atoms with Gasteiger partial charge in [-0.2, -0.15) is 0 Å². The summed E-state index contributed by atoms with van der Waals surface area (Å²) in [5.74, 6) is 0.157. The number of aromatic nitrogens is 2. The van der Waals surface area contributed by atoms with Gasteiger partial charge in [0.1, 0.15) is 5.82 Å². The van der Waals surface area contributed by atoms with E-state index >= 15 is 0 Å². The monoisotopic (exact) mass is 267 g/mol. The van der Waals surface area contributed by atoms with E-state index in [2.05, 4.69) is 20.0 Å². The number of ether oxygens (including phenoxy) is 2. The number of carbonyl (C=O) groups excluding carboxylic acids is 1. The molecule has 0 aliphatic heterocycles. The lowest BCUT2D eigenvalue weighted by Crippen LogP contribution is -2.11. The van der Waals surface area contributed by atoms with E-state index in [1.807, 2.05) is 13.8 Å². The van der Waals surface area contributed by atoms with E-state index in [4.69, 9.17) is 4.74 Å². The summed E-state index contributed by atoms with van der Waals surface area (Å²) in [6.07, 6.45) is 3.77. The predicted octanol–water partition coefficient (Wildman–Crippen LogP) is 1.88. The van der Waals surface area contributed by atoms with E-state index < -0.39 is 5.97 Å². The Bertz CT molecular complexity index is 396. The SMILES string of the molecule is COC(=O)c1nccc(NCCCCOC(C)C)n1. The second-order valence-electron chi connectivity index (χ2n) is 4.31. The molecular formula is C13H21N3O3. The normalized spacial score (nSPS) is 10.5. The van der Waals surface area contributed by atoms with Crippen LogP contribution in [0.5, 0.6) is 0 Å². The molecule has 0 spiro atoms. The van der Waals surface area contributed by atoms with E-state index in [9.17, 15) is 4.79 Å². The second kappa shape index (κ2) is 8.42. The first kappa shape index (κ1) is 15.4. The molecule has 0 atom stereocenters. The fraction of sp³-hybridized carbons (Fsp3) is 0.615. The lowest BCUT2D eigenvalue weighted by molar-refractivity contribution is 0.0587. The average molecular weight is 267 g/mol. The summed E-state index contributed by atoms with van der Waals surface area (Å²) in [7, 11) is 1.31. The number of esters is 1. The maximum Gasteiger partial charge on any atom is 0.376 e. The van der Waals surface area contributed by atoms with Gasteiger partial charge < -0.3 is 14.8 Å². The van der Waals surface area contributed by atoms with Gasteiger partial charge in [-0.25, -0.2) is 14.8 Å². The van der Waals surface area contributed by atoms with Crippen molar-refractivity contribution in [3.8, 4) is 0 Å². The van der Waals surface area contributed by atoms with Crippen LogP contribution in [0.3, 0.4) is 0 Å². The predicted molar refractivity (Wildman–Crippen MR) is 72.2 cm³/mol. The van der Waals surface area contributed by atoms with Gasteiger partial charge in [0.05, 0.1) is 13.2 Å². The highest BCUT2D eigenvalue weighted by atomic mass is 16.5. The van der Waals surface area contributed by atoms with Crippen molar-refractivity contribution in [2.45, 2.75) is 32.8 Å². The minimum absolute atomic E-state index is 0.0654. The summed E-state index contributed by atoms with van der Waals surface area (Å²) >= 11 is 0. The van der Waals surface area contributed by atoms with Crippen molar-refractivity contribution in [1.29, 1.82) is 0 Å². The van der Waals surface area contributed by atoms with Crippen molar-refractivity contribution >= 4 is 11.8 Å². The first-order chi connectivity index (χ1) is 9.13. The summed E-state index contributed by atoms with van der Waals surface area (Å²) in [4.78, 5) is 19.2. The molecule has 0 bridgehead atoms. The van der Waals surface area contributed by atoms with Gasteiger partial charge in [-0.1, -0.05) is 0 Å². The molecule has 1 N–H and O–H groups in total. The van der Waals surface area contributed by atoms with Crippen LogP contribution in [0.15, 0.2) is 12.3 Å². The van der Waals surface area contributed by atoms with Crippen LogP contribution in [0.4, 0.5) is 5.82 Å². The van der Waals surface area contributed by atoms with Crippen molar-refractivity contribution < 1.29 is 14.3 Å². The van der Waals surface area contributed by atoms with Crippen LogP contribution >= 0.6 is 0 Å². The minimum atomic E-state index is -0.533. The van der Waals surface area contributed by atoms with Crippen LogP contribution in [0.25, 0.3) is 0 Å². The van der Waals surface area contributed by atoms with Gasteiger partial charge in [0.15, 0.2) is 0 Å². The third-order valence-electron chi connectivity index (χ3n) is 2.35. The molecule has 0 fully saturated rings. The molecule has 6 heteroatoms. The van der Waals surface area contributed by atoms with Crippen molar-refractivity contribution in [3.63, 3.8) is 0 Å². The minimum Gasteiger partial charge on any atom is -0.463 e. The topological polar surface area (TPSA) is 73.3 Å². The molecule has 1 aromatic rings. The zero-order chi connectivity index (χ0) is 14.1. The lowest BCUT2D eigenvalue weighted by atomic mass is 10.3. The molecule has 0 saturated heterocycles. The molecule has 1 heterocycles. The Morgan fingerprint density at radius 3 is 2.89 bits per heavy atom. The number of anilines is 1. The summed E-state index contributed by atoms with van der Waals surface area (Å²) in [5, 5.41) is 3.14. The van der Waals surface area contributed by atoms with Crippen LogP contribution in [0.1, 0.15) is 37.3 Å². The Kier molecular flexibility index (Phi) is 6.81. The lowest BCUT2D eigenvalue weighted by Gasteiger charge is -2.08. The molecule has 0 radical (unpaired) electrons. The number of rotatable bonds is 8. The average Bonchev–Trinajstić information content (AvgIpc) is 2.41. The quantitative estimate of drug-likeness (QED) is 0.572. The van der Waals surface area contributed by atoms with Gasteiger partial charge >= 0.3 is 5.97 Å². The molecule has 1 aromatic heterocycles. The number of nitrogens with one attached hydrogen (secondary N) is 1. The van der Waals surface area contributed by atoms with Crippen LogP contribution in [0.2, 0.25) is 0 Å². The maximum atomic E-state index is 11.3. The maximum absolute atomic E-state index is 11.3. The van der Waals surface area contributed by atoms with Crippen LogP contribution < -0.4 is 5.32 Å². The Labute approximate surface area is 113 Å². The molecule has 19 heavy (non-hydrogen) atoms. The molecule has 0 unspecified atom stereocenters. The fourth-order valence-electron chi connectivity index (χ4n) is 1.41. The van der Waals surface area contributed by atoms with Crippen molar-refractivity contribution in [2.24, 2.45) is 0 Å². The van der Waals surface area contributed by atoms with E-state index in [1.54, 1.807) is 6.07 Å². The van der Waals surface area contributed by atoms with Gasteiger partial charge in [-0.3, -0.25) is 0 Å². The largest absolute Gasteiger partial charge is 0.463 e. The molecule has 0 aliphatic rings. The van der Waals surface area contributed by atoms with E-state index in [-0.39, 0.29) is 11.9 Å². The Morgan fingerprint density at radius 2 is 2.21 bits per heavy atom. The van der Waals surface area contributed by atoms with Gasteiger partial charge in [-0.05, 0) is 32.8 Å². The number of hydrogen-bond acceptors (Lipinski definition) is 6. The summed E-state index contributed by atoms with van der Waals surface area (Å²) in [6, 6.07) is 1.72. The van der Waals surface area contributed by atoms with Gasteiger partial charge in [0.25, 0.3) is 0 Å². The van der Waals surface area contributed by atoms with E-state index in [1.165, 1.54) is 13.3 Å². The Morgan fingerprint density at radius 1 is 1.42 bits per heavy atom. The first-order valence-corrected chi connectivity index (χ1v) is 6.40. The third-order valence-corrected chi connectivity index (χ3v) is 2.35. The summed E-state index contributed by atoms with van der Waals surface area (Å²) in [6.45, 7) is 5.58. The molecular weight excluding hydrogens is 246 g/mol. The summed E-state index contributed by atoms with van der Waals surface area (Å²) < 4.78 is 10.0. The third kappa shape index (κ3) is 6.15. The van der Waals surface area contributed by atoms with Crippen molar-refractivity contribution in [1.82, 2.24) is 9.97 Å². The van der Waals surface area contributed by atoms with Gasteiger partial charge in [-0.15, -0.1) is 0 Å². The highest BCUT2D eigenvalue weighted by molar-refractivity contribution is 5.85. The highest BCUT2D eigenvalue weighted by Crippen LogP contribution is 2.03. The molecule has 0 amide bonds. The van der Waals surface area contributed by atoms with E-state index in [0.29, 0.717) is 5.82 Å². The number of methoxy groups -OCH3 is 1. The second-order valence-corrected chi connectivity index (χ2v) is 4.31. The highest BCUT2D eigenvalue weighted by Gasteiger charge is 2.08. The molecule has 106 valence electrons. The van der Waals surface area contributed by atoms with Crippen molar-refractivity contribution in [2.75, 3.05) is 25.6 Å². The van der Waals surface area contributed by atoms with E-state index in [0.717, 1.165) is 26.0 Å². The Hall–Kier alpha value is -1.69. The van der Waals surface area contributed by atoms with Gasteiger partial charge in [0, 0.05) is 19.3 Å². The smallest absolute Gasteiger partial charge is 0.376 e. The van der Waals surface area contributed by atoms with Crippen LogP contribution in [0, 0.1) is 0 Å². The molecule has 0 aliphatic carbocycles. The zero-order valence-electron chi connectivity index (χ0n) is 11.7. The number of hydrogen-bond donors (Lipinski definition) is 1. The Balaban J connectivity index is 2.27. The zero-order valence-corrected chi connectivity index (χ0v) is 11.7. The standard InChI is InChI=1S/C13H21N3O3/c1-10(2)19-9-5-4-7-14-11-6-8-15-12(16-11)13(17)18-3/h6,8,10H,4-5,7,9H2,1-3H3,(H,14,15,16). The molecule has 6 nitrogen and oxygen atoms in total. The van der Waals surface area contributed by atoms with Crippen molar-refractivity contribution in [3.05, 3.63) is 18.1 Å². The first-order valence-electron chi connectivity index (χ1n) is 6.40. The fourth-order valence-corrected chi connectivity index (χ4v) is 1.41.